The summed E-state index contributed by atoms with van der Waals surface area (Å²) in [4.78, 5) is 12.0. The zero-order chi connectivity index (χ0) is 10.7. The average Bonchev–Trinajstić information content (AvgIpc) is 2.20. The number of thiol groups is 1. The van der Waals surface area contributed by atoms with Crippen LogP contribution in [0.1, 0.15) is 21.5 Å². The summed E-state index contributed by atoms with van der Waals surface area (Å²) in [6, 6.07) is 3.37. The predicted molar refractivity (Wildman–Crippen MR) is 57.7 cm³/mol. The topological polar surface area (TPSA) is 26.3 Å². The van der Waals surface area contributed by atoms with E-state index >= 15 is 0 Å². The molecular formula is C11H10O2S. The van der Waals surface area contributed by atoms with E-state index in [9.17, 15) is 4.79 Å². The second-order valence-corrected chi connectivity index (χ2v) is 3.29. The zero-order valence-corrected chi connectivity index (χ0v) is 8.89. The lowest BCUT2D eigenvalue weighted by Crippen LogP contribution is -2.04. The summed E-state index contributed by atoms with van der Waals surface area (Å²) in [7, 11) is 1.34. The van der Waals surface area contributed by atoms with Gasteiger partial charge in [-0.3, -0.25) is 0 Å². The molecule has 0 N–H and O–H groups in total. The molecule has 0 saturated carbocycles. The van der Waals surface area contributed by atoms with E-state index in [4.69, 9.17) is 6.42 Å². The average molecular weight is 206 g/mol. The maximum atomic E-state index is 11.3. The van der Waals surface area contributed by atoms with E-state index in [1.165, 1.54) is 7.11 Å². The normalized spacial score (nSPS) is 9.29. The van der Waals surface area contributed by atoms with Crippen LogP contribution >= 0.6 is 12.6 Å². The number of methoxy groups -OCH3 is 1. The Hall–Kier alpha value is -1.40. The Morgan fingerprint density at radius 2 is 2.21 bits per heavy atom. The molecule has 0 aliphatic rings. The Morgan fingerprint density at radius 3 is 2.71 bits per heavy atom. The van der Waals surface area contributed by atoms with Crippen molar-refractivity contribution in [2.45, 2.75) is 11.8 Å². The molecule has 0 unspecified atom stereocenters. The standard InChI is InChI=1S/C11H10O2S/c1-4-8-5-9(11(12)13-3)7(2)10(14)6-8/h1,5-6,14H,2-3H3. The highest BCUT2D eigenvalue weighted by molar-refractivity contribution is 7.80. The zero-order valence-electron chi connectivity index (χ0n) is 8.00. The highest BCUT2D eigenvalue weighted by atomic mass is 32.1. The molecule has 2 nitrogen and oxygen atoms in total. The molecular weight excluding hydrogens is 196 g/mol. The number of terminal acetylenes is 1. The third-order valence-electron chi connectivity index (χ3n) is 1.95. The predicted octanol–water partition coefficient (Wildman–Crippen LogP) is 2.05. The van der Waals surface area contributed by atoms with E-state index in [-0.39, 0.29) is 0 Å². The Morgan fingerprint density at radius 1 is 1.57 bits per heavy atom. The van der Waals surface area contributed by atoms with Crippen molar-refractivity contribution in [1.29, 1.82) is 0 Å². The third kappa shape index (κ3) is 1.91. The largest absolute Gasteiger partial charge is 0.465 e. The Bertz CT molecular complexity index is 416. The van der Waals surface area contributed by atoms with Crippen LogP contribution in [0.2, 0.25) is 0 Å². The minimum absolute atomic E-state index is 0.394. The molecule has 72 valence electrons. The van der Waals surface area contributed by atoms with Gasteiger partial charge in [-0.2, -0.15) is 0 Å². The summed E-state index contributed by atoms with van der Waals surface area (Å²) in [5.41, 5.74) is 1.87. The molecule has 0 heterocycles. The fourth-order valence-electron chi connectivity index (χ4n) is 1.10. The molecule has 3 heteroatoms. The third-order valence-corrected chi connectivity index (χ3v) is 2.42. The van der Waals surface area contributed by atoms with Gasteiger partial charge in [0.1, 0.15) is 0 Å². The molecule has 0 atom stereocenters. The van der Waals surface area contributed by atoms with Gasteiger partial charge in [0, 0.05) is 10.5 Å². The van der Waals surface area contributed by atoms with Crippen LogP contribution < -0.4 is 0 Å². The number of ether oxygens (including phenoxy) is 1. The van der Waals surface area contributed by atoms with Crippen LogP contribution in [-0.2, 0) is 4.74 Å². The van der Waals surface area contributed by atoms with Crippen molar-refractivity contribution in [2.24, 2.45) is 0 Å². The molecule has 0 spiro atoms. The lowest BCUT2D eigenvalue weighted by atomic mass is 10.1. The number of benzene rings is 1. The number of esters is 1. The van der Waals surface area contributed by atoms with E-state index in [1.54, 1.807) is 19.1 Å². The highest BCUT2D eigenvalue weighted by Gasteiger charge is 2.11. The van der Waals surface area contributed by atoms with Crippen LogP contribution in [0.3, 0.4) is 0 Å². The van der Waals surface area contributed by atoms with Gasteiger partial charge in [-0.05, 0) is 24.6 Å². The van der Waals surface area contributed by atoms with Gasteiger partial charge in [-0.1, -0.05) is 5.92 Å². The molecule has 0 aliphatic carbocycles. The first-order valence-electron chi connectivity index (χ1n) is 3.98. The van der Waals surface area contributed by atoms with E-state index in [0.717, 1.165) is 5.56 Å². The molecule has 14 heavy (non-hydrogen) atoms. The number of hydrogen-bond acceptors (Lipinski definition) is 3. The number of rotatable bonds is 1. The Kier molecular flexibility index (Phi) is 3.21. The maximum Gasteiger partial charge on any atom is 0.338 e. The summed E-state index contributed by atoms with van der Waals surface area (Å²) in [5, 5.41) is 0. The first kappa shape index (κ1) is 10.7. The van der Waals surface area contributed by atoms with Gasteiger partial charge in [0.25, 0.3) is 0 Å². The molecule has 1 aromatic rings. The first-order chi connectivity index (χ1) is 6.60. The molecule has 0 amide bonds. The van der Waals surface area contributed by atoms with Gasteiger partial charge < -0.3 is 4.74 Å². The minimum Gasteiger partial charge on any atom is -0.465 e. The first-order valence-corrected chi connectivity index (χ1v) is 4.43. The van der Waals surface area contributed by atoms with Crippen LogP contribution in [0.15, 0.2) is 17.0 Å². The summed E-state index contributed by atoms with van der Waals surface area (Å²) >= 11 is 4.22. The number of hydrogen-bond donors (Lipinski definition) is 1. The van der Waals surface area contributed by atoms with Crippen molar-refractivity contribution in [3.05, 3.63) is 28.8 Å². The molecule has 0 radical (unpaired) electrons. The van der Waals surface area contributed by atoms with Crippen LogP contribution in [0.4, 0.5) is 0 Å². The maximum absolute atomic E-state index is 11.3. The van der Waals surface area contributed by atoms with E-state index in [1.807, 2.05) is 0 Å². The molecule has 0 bridgehead atoms. The SMILES string of the molecule is C#Cc1cc(S)c(C)c(C(=O)OC)c1. The van der Waals surface area contributed by atoms with Gasteiger partial charge >= 0.3 is 5.97 Å². The quantitative estimate of drug-likeness (QED) is 0.432. The molecule has 0 saturated heterocycles. The van der Waals surface area contributed by atoms with Crippen molar-refractivity contribution < 1.29 is 9.53 Å². The summed E-state index contributed by atoms with van der Waals surface area (Å²) in [6.07, 6.45) is 5.24. The van der Waals surface area contributed by atoms with Gasteiger partial charge in [0.05, 0.1) is 12.7 Å². The van der Waals surface area contributed by atoms with Crippen molar-refractivity contribution in [3.8, 4) is 12.3 Å². The lowest BCUT2D eigenvalue weighted by molar-refractivity contribution is 0.0599. The van der Waals surface area contributed by atoms with Gasteiger partial charge in [-0.25, -0.2) is 4.79 Å². The minimum atomic E-state index is -0.394. The summed E-state index contributed by atoms with van der Waals surface area (Å²) < 4.78 is 4.63. The molecule has 0 fully saturated rings. The summed E-state index contributed by atoms with van der Waals surface area (Å²) in [5.74, 6) is 2.06. The van der Waals surface area contributed by atoms with E-state index in [0.29, 0.717) is 16.0 Å². The highest BCUT2D eigenvalue weighted by Crippen LogP contribution is 2.20. The van der Waals surface area contributed by atoms with Gasteiger partial charge in [0.15, 0.2) is 0 Å². The molecule has 0 aliphatic heterocycles. The fraction of sp³-hybridized carbons (Fsp3) is 0.182. The van der Waals surface area contributed by atoms with E-state index in [2.05, 4.69) is 23.3 Å². The van der Waals surface area contributed by atoms with Crippen LogP contribution in [-0.4, -0.2) is 13.1 Å². The monoisotopic (exact) mass is 206 g/mol. The summed E-state index contributed by atoms with van der Waals surface area (Å²) in [6.45, 7) is 1.80. The van der Waals surface area contributed by atoms with Crippen LogP contribution in [0.5, 0.6) is 0 Å². The van der Waals surface area contributed by atoms with Crippen molar-refractivity contribution in [2.75, 3.05) is 7.11 Å². The van der Waals surface area contributed by atoms with Gasteiger partial charge in [-0.15, -0.1) is 19.1 Å². The van der Waals surface area contributed by atoms with Crippen molar-refractivity contribution in [1.82, 2.24) is 0 Å². The van der Waals surface area contributed by atoms with Crippen LogP contribution in [0.25, 0.3) is 0 Å². The molecule has 1 rings (SSSR count). The number of carbonyl (C=O) groups is 1. The Balaban J connectivity index is 3.36. The van der Waals surface area contributed by atoms with E-state index < -0.39 is 5.97 Å². The lowest BCUT2D eigenvalue weighted by Gasteiger charge is -2.06. The van der Waals surface area contributed by atoms with Gasteiger partial charge in [0.2, 0.25) is 0 Å². The number of carbonyl (C=O) groups excluding carboxylic acids is 1. The van der Waals surface area contributed by atoms with Crippen LogP contribution in [0, 0.1) is 19.3 Å². The molecule has 1 aromatic carbocycles. The van der Waals surface area contributed by atoms with Crippen molar-refractivity contribution in [3.63, 3.8) is 0 Å². The smallest absolute Gasteiger partial charge is 0.338 e. The second-order valence-electron chi connectivity index (χ2n) is 2.80. The van der Waals surface area contributed by atoms with Crippen molar-refractivity contribution >= 4 is 18.6 Å². The second kappa shape index (κ2) is 4.21. The Labute approximate surface area is 88.7 Å². The molecule has 0 aromatic heterocycles. The fourth-order valence-corrected chi connectivity index (χ4v) is 1.36.